The van der Waals surface area contributed by atoms with E-state index in [4.69, 9.17) is 4.74 Å². The second-order valence-electron chi connectivity index (χ2n) is 4.14. The van der Waals surface area contributed by atoms with Crippen LogP contribution in [0.25, 0.3) is 0 Å². The number of likely N-dealkylation sites (N-methyl/N-ethyl adjacent to an activating group) is 1. The zero-order chi connectivity index (χ0) is 12.8. The molecule has 1 rings (SSSR count). The Morgan fingerprint density at radius 2 is 2.29 bits per heavy atom. The Bertz CT molecular complexity index is 328. The molecule has 0 aromatic carbocycles. The van der Waals surface area contributed by atoms with Gasteiger partial charge in [0, 0.05) is 0 Å². The van der Waals surface area contributed by atoms with Crippen LogP contribution in [0.5, 0.6) is 0 Å². The number of carbonyl (C=O) groups excluding carboxylic acids is 2. The first-order chi connectivity index (χ1) is 8.08. The molecule has 96 valence electrons. The molecule has 1 aliphatic rings. The Balaban J connectivity index is 2.48. The van der Waals surface area contributed by atoms with Crippen LogP contribution < -0.4 is 0 Å². The normalized spacial score (nSPS) is 20.0. The molecule has 5 heteroatoms. The van der Waals surface area contributed by atoms with E-state index in [0.29, 0.717) is 17.3 Å². The Kier molecular flexibility index (Phi) is 5.89. The molecule has 0 saturated heterocycles. The van der Waals surface area contributed by atoms with Gasteiger partial charge in [-0.2, -0.15) is 0 Å². The third kappa shape index (κ3) is 4.26. The van der Waals surface area contributed by atoms with Crippen LogP contribution in [-0.4, -0.2) is 57.3 Å². The molecular weight excluding hydrogens is 285 g/mol. The van der Waals surface area contributed by atoms with E-state index in [2.05, 4.69) is 4.90 Å². The fourth-order valence-electron chi connectivity index (χ4n) is 1.93. The zero-order valence-electron chi connectivity index (χ0n) is 10.6. The van der Waals surface area contributed by atoms with E-state index in [1.165, 1.54) is 7.11 Å². The van der Waals surface area contributed by atoms with Gasteiger partial charge in [0.15, 0.2) is 0 Å². The molecular formula is C12H19NO3Se. The van der Waals surface area contributed by atoms with Gasteiger partial charge in [-0.15, -0.1) is 0 Å². The van der Waals surface area contributed by atoms with Crippen molar-refractivity contribution in [1.82, 2.24) is 4.90 Å². The van der Waals surface area contributed by atoms with Crippen molar-refractivity contribution in [2.45, 2.75) is 31.1 Å². The van der Waals surface area contributed by atoms with Crippen molar-refractivity contribution < 1.29 is 14.3 Å². The van der Waals surface area contributed by atoms with Crippen molar-refractivity contribution in [3.05, 3.63) is 11.6 Å². The number of carbonyl (C=O) groups is 2. The van der Waals surface area contributed by atoms with E-state index in [9.17, 15) is 9.59 Å². The molecule has 0 aromatic heterocycles. The first-order valence-corrected chi connectivity index (χ1v) is 8.19. The number of rotatable bonds is 5. The predicted octanol–water partition coefficient (Wildman–Crippen LogP) is 0.849. The third-order valence-electron chi connectivity index (χ3n) is 3.06. The Morgan fingerprint density at radius 1 is 1.59 bits per heavy atom. The van der Waals surface area contributed by atoms with Crippen molar-refractivity contribution in [2.24, 2.45) is 0 Å². The van der Waals surface area contributed by atoms with E-state index in [1.54, 1.807) is 0 Å². The summed E-state index contributed by atoms with van der Waals surface area (Å²) in [6, 6.07) is 0.370. The van der Waals surface area contributed by atoms with Crippen LogP contribution in [-0.2, 0) is 14.3 Å². The van der Waals surface area contributed by atoms with Crippen LogP contribution in [0.2, 0.25) is 5.82 Å². The van der Waals surface area contributed by atoms with Crippen molar-refractivity contribution in [1.29, 1.82) is 0 Å². The number of methoxy groups -OCH3 is 1. The molecule has 0 fully saturated rings. The first-order valence-electron chi connectivity index (χ1n) is 5.63. The van der Waals surface area contributed by atoms with Crippen LogP contribution in [0, 0.1) is 0 Å². The second-order valence-corrected chi connectivity index (χ2v) is 5.95. The summed E-state index contributed by atoms with van der Waals surface area (Å²) in [5.74, 6) is 1.72. The van der Waals surface area contributed by atoms with Gasteiger partial charge in [0.25, 0.3) is 0 Å². The molecule has 0 aliphatic heterocycles. The van der Waals surface area contributed by atoms with Gasteiger partial charge in [-0.05, 0) is 0 Å². The molecule has 17 heavy (non-hydrogen) atoms. The van der Waals surface area contributed by atoms with Gasteiger partial charge >= 0.3 is 108 Å². The molecule has 0 bridgehead atoms. The minimum atomic E-state index is -0.223. The quantitative estimate of drug-likeness (QED) is 0.558. The van der Waals surface area contributed by atoms with E-state index < -0.39 is 0 Å². The second kappa shape index (κ2) is 6.94. The van der Waals surface area contributed by atoms with Crippen LogP contribution in [0.3, 0.4) is 0 Å². The summed E-state index contributed by atoms with van der Waals surface area (Å²) < 4.78 is 5.02. The van der Waals surface area contributed by atoms with Gasteiger partial charge in [-0.25, -0.2) is 0 Å². The fourth-order valence-corrected chi connectivity index (χ4v) is 2.63. The molecule has 1 unspecified atom stereocenters. The number of nitrogens with zero attached hydrogens (tertiary/aromatic N) is 1. The van der Waals surface area contributed by atoms with Gasteiger partial charge in [-0.1, -0.05) is 0 Å². The Labute approximate surface area is 109 Å². The summed E-state index contributed by atoms with van der Waals surface area (Å²) in [4.78, 5) is 24.8. The van der Waals surface area contributed by atoms with E-state index in [-0.39, 0.29) is 20.9 Å². The van der Waals surface area contributed by atoms with E-state index in [1.807, 2.05) is 18.9 Å². The maximum atomic E-state index is 11.4. The first kappa shape index (κ1) is 14.4. The Hall–Kier alpha value is -0.641. The summed E-state index contributed by atoms with van der Waals surface area (Å²) in [6.45, 7) is 0.530. The summed E-state index contributed by atoms with van der Waals surface area (Å²) in [5, 5.41) is 0. The van der Waals surface area contributed by atoms with Crippen LogP contribution in [0.4, 0.5) is 0 Å². The summed E-state index contributed by atoms with van der Waals surface area (Å²) in [5.41, 5.74) is 0.767. The molecule has 0 heterocycles. The van der Waals surface area contributed by atoms with Crippen molar-refractivity contribution in [3.8, 4) is 0 Å². The number of ether oxygens (including phenoxy) is 1. The average molecular weight is 304 g/mol. The number of esters is 1. The van der Waals surface area contributed by atoms with Crippen molar-refractivity contribution in [3.63, 3.8) is 0 Å². The van der Waals surface area contributed by atoms with Crippen molar-refractivity contribution in [2.75, 3.05) is 20.7 Å². The molecule has 0 N–H and O–H groups in total. The van der Waals surface area contributed by atoms with Gasteiger partial charge in [0.1, 0.15) is 0 Å². The molecule has 0 saturated carbocycles. The van der Waals surface area contributed by atoms with Crippen LogP contribution in [0.15, 0.2) is 11.6 Å². The predicted molar refractivity (Wildman–Crippen MR) is 67.0 cm³/mol. The Morgan fingerprint density at radius 3 is 2.76 bits per heavy atom. The molecule has 0 spiro atoms. The maximum absolute atomic E-state index is 11.4. The monoisotopic (exact) mass is 305 g/mol. The van der Waals surface area contributed by atoms with Crippen molar-refractivity contribution >= 4 is 25.6 Å². The van der Waals surface area contributed by atoms with Gasteiger partial charge in [-0.3, -0.25) is 0 Å². The molecule has 1 aliphatic carbocycles. The molecule has 1 atom stereocenters. The molecule has 4 nitrogen and oxygen atoms in total. The van der Waals surface area contributed by atoms with Gasteiger partial charge < -0.3 is 0 Å². The van der Waals surface area contributed by atoms with Gasteiger partial charge in [0.05, 0.1) is 0 Å². The minimum absolute atomic E-state index is 0.0793. The number of hydrogen-bond donors (Lipinski definition) is 0. The van der Waals surface area contributed by atoms with Gasteiger partial charge in [0.2, 0.25) is 0 Å². The van der Waals surface area contributed by atoms with Crippen LogP contribution in [0.1, 0.15) is 19.3 Å². The summed E-state index contributed by atoms with van der Waals surface area (Å²) in [6.07, 6.45) is 4.43. The fraction of sp³-hybridized carbons (Fsp3) is 0.667. The van der Waals surface area contributed by atoms with E-state index >= 15 is 0 Å². The topological polar surface area (TPSA) is 46.6 Å². The molecule has 0 radical (unpaired) electrons. The molecule has 0 aromatic rings. The third-order valence-corrected chi connectivity index (χ3v) is 4.29. The molecule has 0 amide bonds. The SMILES string of the molecule is COC(=O)C1=CCC(N(C)CC(=O)[Se]C)CC1. The van der Waals surface area contributed by atoms with Crippen LogP contribution >= 0.6 is 0 Å². The summed E-state index contributed by atoms with van der Waals surface area (Å²) in [7, 11) is 3.38. The average Bonchev–Trinajstić information content (AvgIpc) is 2.37. The number of hydrogen-bond acceptors (Lipinski definition) is 4. The zero-order valence-corrected chi connectivity index (χ0v) is 12.3. The standard InChI is InChI=1S/C12H19NO3Se/c1-13(8-11(14)17-3)10-6-4-9(5-7-10)12(15)16-2/h4,10H,5-8H2,1-3H3. The summed E-state index contributed by atoms with van der Waals surface area (Å²) >= 11 is 0.0793. The van der Waals surface area contributed by atoms with E-state index in [0.717, 1.165) is 24.8 Å².